The first kappa shape index (κ1) is 12.0. The van der Waals surface area contributed by atoms with Gasteiger partial charge in [0.05, 0.1) is 13.5 Å². The molecule has 2 N–H and O–H groups in total. The molecule has 0 atom stereocenters. The van der Waals surface area contributed by atoms with Crippen molar-refractivity contribution < 1.29 is 14.3 Å². The van der Waals surface area contributed by atoms with Gasteiger partial charge in [0.25, 0.3) is 0 Å². The van der Waals surface area contributed by atoms with Crippen molar-refractivity contribution in [1.82, 2.24) is 5.32 Å². The van der Waals surface area contributed by atoms with Crippen molar-refractivity contribution in [3.05, 3.63) is 29.8 Å². The van der Waals surface area contributed by atoms with E-state index >= 15 is 0 Å². The lowest BCUT2D eigenvalue weighted by Crippen LogP contribution is -2.24. The van der Waals surface area contributed by atoms with E-state index < -0.39 is 0 Å². The smallest absolute Gasteiger partial charge is 0.318 e. The van der Waals surface area contributed by atoms with Gasteiger partial charge in [-0.2, -0.15) is 0 Å². The molecule has 0 heterocycles. The predicted octanol–water partition coefficient (Wildman–Crippen LogP) is 1.15. The summed E-state index contributed by atoms with van der Waals surface area (Å²) in [6, 6.07) is 6.71. The van der Waals surface area contributed by atoms with Gasteiger partial charge in [0.2, 0.25) is 0 Å². The molecule has 0 radical (unpaired) electrons. The number of urea groups is 1. The molecule has 0 fully saturated rings. The van der Waals surface area contributed by atoms with Crippen molar-refractivity contribution in [3.8, 4) is 0 Å². The normalized spacial score (nSPS) is 9.38. The van der Waals surface area contributed by atoms with E-state index in [0.29, 0.717) is 5.69 Å². The van der Waals surface area contributed by atoms with Gasteiger partial charge >= 0.3 is 12.0 Å². The minimum absolute atomic E-state index is 0.233. The van der Waals surface area contributed by atoms with E-state index in [-0.39, 0.29) is 18.4 Å². The number of ether oxygens (including phenoxy) is 1. The lowest BCUT2D eigenvalue weighted by Gasteiger charge is -2.05. The van der Waals surface area contributed by atoms with E-state index in [2.05, 4.69) is 15.4 Å². The van der Waals surface area contributed by atoms with Crippen LogP contribution in [-0.2, 0) is 16.0 Å². The summed E-state index contributed by atoms with van der Waals surface area (Å²) in [6.45, 7) is 0. The van der Waals surface area contributed by atoms with Gasteiger partial charge in [-0.15, -0.1) is 0 Å². The molecule has 2 amide bonds. The highest BCUT2D eigenvalue weighted by atomic mass is 16.5. The Kier molecular flexibility index (Phi) is 4.32. The second-order valence-electron chi connectivity index (χ2n) is 3.15. The number of anilines is 1. The molecule has 0 spiro atoms. The topological polar surface area (TPSA) is 67.4 Å². The Labute approximate surface area is 93.8 Å². The summed E-state index contributed by atoms with van der Waals surface area (Å²) in [5, 5.41) is 5.07. The van der Waals surface area contributed by atoms with Gasteiger partial charge in [0, 0.05) is 12.7 Å². The first-order valence-electron chi connectivity index (χ1n) is 4.80. The molecule has 0 aliphatic heterocycles. The molecule has 0 unspecified atom stereocenters. The Bertz CT molecular complexity index is 336. The molecule has 0 aromatic heterocycles. The number of esters is 1. The molecule has 0 bridgehead atoms. The zero-order valence-electron chi connectivity index (χ0n) is 9.24. The number of hydrogen-bond donors (Lipinski definition) is 2. The summed E-state index contributed by atoms with van der Waals surface area (Å²) in [5.74, 6) is -0.285. The minimum Gasteiger partial charge on any atom is -0.469 e. The van der Waals surface area contributed by atoms with Crippen molar-refractivity contribution >= 4 is 17.7 Å². The van der Waals surface area contributed by atoms with E-state index in [1.807, 2.05) is 0 Å². The summed E-state index contributed by atoms with van der Waals surface area (Å²) in [6.07, 6.45) is 0.233. The summed E-state index contributed by atoms with van der Waals surface area (Å²) in [7, 11) is 2.89. The van der Waals surface area contributed by atoms with Crippen LogP contribution in [-0.4, -0.2) is 26.2 Å². The van der Waals surface area contributed by atoms with Crippen LogP contribution >= 0.6 is 0 Å². The maximum absolute atomic E-state index is 11.0. The van der Waals surface area contributed by atoms with Crippen LogP contribution in [0.5, 0.6) is 0 Å². The van der Waals surface area contributed by atoms with Crippen LogP contribution in [0.25, 0.3) is 0 Å². The molecule has 0 saturated heterocycles. The molecule has 5 nitrogen and oxygen atoms in total. The summed E-state index contributed by atoms with van der Waals surface area (Å²) in [4.78, 5) is 22.0. The fourth-order valence-electron chi connectivity index (χ4n) is 1.14. The van der Waals surface area contributed by atoms with Crippen LogP contribution in [0.1, 0.15) is 5.56 Å². The Hall–Kier alpha value is -2.04. The molecule has 5 heteroatoms. The third-order valence-electron chi connectivity index (χ3n) is 2.01. The van der Waals surface area contributed by atoms with E-state index in [1.165, 1.54) is 7.11 Å². The Morgan fingerprint density at radius 3 is 2.38 bits per heavy atom. The van der Waals surface area contributed by atoms with Crippen molar-refractivity contribution in [2.75, 3.05) is 19.5 Å². The van der Waals surface area contributed by atoms with Crippen LogP contribution in [0.2, 0.25) is 0 Å². The number of amides is 2. The van der Waals surface area contributed by atoms with E-state index in [1.54, 1.807) is 31.3 Å². The number of rotatable bonds is 3. The average molecular weight is 222 g/mol. The number of methoxy groups -OCH3 is 1. The van der Waals surface area contributed by atoms with Gasteiger partial charge in [-0.05, 0) is 17.7 Å². The molecule has 86 valence electrons. The largest absolute Gasteiger partial charge is 0.469 e. The Morgan fingerprint density at radius 2 is 1.88 bits per heavy atom. The van der Waals surface area contributed by atoms with Crippen molar-refractivity contribution in [2.24, 2.45) is 0 Å². The van der Waals surface area contributed by atoms with Crippen LogP contribution in [0.3, 0.4) is 0 Å². The maximum atomic E-state index is 11.0. The van der Waals surface area contributed by atoms with Gasteiger partial charge in [-0.1, -0.05) is 12.1 Å². The average Bonchev–Trinajstić information content (AvgIpc) is 2.31. The lowest BCUT2D eigenvalue weighted by molar-refractivity contribution is -0.139. The fraction of sp³-hybridized carbons (Fsp3) is 0.273. The molecule has 0 aliphatic carbocycles. The van der Waals surface area contributed by atoms with Crippen molar-refractivity contribution in [1.29, 1.82) is 0 Å². The summed E-state index contributed by atoms with van der Waals surface area (Å²) in [5.41, 5.74) is 1.52. The molecule has 1 aromatic rings. The number of carbonyl (C=O) groups is 2. The molecule has 1 rings (SSSR count). The van der Waals surface area contributed by atoms with Crippen LogP contribution < -0.4 is 10.6 Å². The number of hydrogen-bond acceptors (Lipinski definition) is 3. The van der Waals surface area contributed by atoms with E-state index in [0.717, 1.165) is 5.56 Å². The highest BCUT2D eigenvalue weighted by Gasteiger charge is 2.03. The minimum atomic E-state index is -0.285. The second kappa shape index (κ2) is 5.75. The molecular formula is C11H14N2O3. The Balaban J connectivity index is 2.60. The second-order valence-corrected chi connectivity index (χ2v) is 3.15. The molecule has 1 aromatic carbocycles. The first-order valence-corrected chi connectivity index (χ1v) is 4.80. The third-order valence-corrected chi connectivity index (χ3v) is 2.01. The Morgan fingerprint density at radius 1 is 1.25 bits per heavy atom. The number of carbonyl (C=O) groups excluding carboxylic acids is 2. The monoisotopic (exact) mass is 222 g/mol. The SMILES string of the molecule is CNC(=O)Nc1ccc(CC(=O)OC)cc1. The standard InChI is InChI=1S/C11H14N2O3/c1-12-11(15)13-9-5-3-8(4-6-9)7-10(14)16-2/h3-6H,7H2,1-2H3,(H2,12,13,15). The number of benzene rings is 1. The maximum Gasteiger partial charge on any atom is 0.318 e. The quantitative estimate of drug-likeness (QED) is 0.754. The first-order chi connectivity index (χ1) is 7.65. The number of nitrogens with one attached hydrogen (secondary N) is 2. The van der Waals surface area contributed by atoms with Gasteiger partial charge in [-0.3, -0.25) is 4.79 Å². The highest BCUT2D eigenvalue weighted by Crippen LogP contribution is 2.10. The van der Waals surface area contributed by atoms with Gasteiger partial charge in [0.1, 0.15) is 0 Å². The van der Waals surface area contributed by atoms with Crippen LogP contribution in [0, 0.1) is 0 Å². The molecule has 0 saturated carbocycles. The van der Waals surface area contributed by atoms with Crippen LogP contribution in [0.4, 0.5) is 10.5 Å². The van der Waals surface area contributed by atoms with E-state index in [9.17, 15) is 9.59 Å². The zero-order chi connectivity index (χ0) is 12.0. The van der Waals surface area contributed by atoms with Gasteiger partial charge in [0.15, 0.2) is 0 Å². The summed E-state index contributed by atoms with van der Waals surface area (Å²) >= 11 is 0. The fourth-order valence-corrected chi connectivity index (χ4v) is 1.14. The third kappa shape index (κ3) is 3.61. The van der Waals surface area contributed by atoms with Crippen molar-refractivity contribution in [3.63, 3.8) is 0 Å². The molecular weight excluding hydrogens is 208 g/mol. The molecule has 0 aliphatic rings. The van der Waals surface area contributed by atoms with Crippen molar-refractivity contribution in [2.45, 2.75) is 6.42 Å². The van der Waals surface area contributed by atoms with E-state index in [4.69, 9.17) is 0 Å². The molecule has 16 heavy (non-hydrogen) atoms. The zero-order valence-corrected chi connectivity index (χ0v) is 9.24. The highest BCUT2D eigenvalue weighted by molar-refractivity contribution is 5.89. The van der Waals surface area contributed by atoms with Gasteiger partial charge < -0.3 is 15.4 Å². The summed E-state index contributed by atoms with van der Waals surface area (Å²) < 4.78 is 4.55. The van der Waals surface area contributed by atoms with Gasteiger partial charge in [-0.25, -0.2) is 4.79 Å². The lowest BCUT2D eigenvalue weighted by atomic mass is 10.1. The predicted molar refractivity (Wildman–Crippen MR) is 60.2 cm³/mol. The van der Waals surface area contributed by atoms with Crippen LogP contribution in [0.15, 0.2) is 24.3 Å².